The monoisotopic (exact) mass is 293 g/mol. The van der Waals surface area contributed by atoms with Crippen LogP contribution in [0.5, 0.6) is 0 Å². The Balaban J connectivity index is 1.50. The summed E-state index contributed by atoms with van der Waals surface area (Å²) in [5.41, 5.74) is 1.60. The van der Waals surface area contributed by atoms with E-state index in [-0.39, 0.29) is 0 Å². The second-order valence-corrected chi connectivity index (χ2v) is 6.33. The fourth-order valence-electron chi connectivity index (χ4n) is 3.24. The Morgan fingerprint density at radius 2 is 2.09 bits per heavy atom. The molecule has 2 unspecified atom stereocenters. The first-order chi connectivity index (χ1) is 10.8. The van der Waals surface area contributed by atoms with Crippen molar-refractivity contribution in [1.29, 1.82) is 5.26 Å². The van der Waals surface area contributed by atoms with Gasteiger partial charge in [-0.15, -0.1) is 0 Å². The zero-order chi connectivity index (χ0) is 14.9. The molecule has 1 saturated heterocycles. The molecule has 4 heteroatoms. The summed E-state index contributed by atoms with van der Waals surface area (Å²) in [7, 11) is 0. The van der Waals surface area contributed by atoms with E-state index in [0.717, 1.165) is 42.1 Å². The molecule has 1 aromatic heterocycles. The van der Waals surface area contributed by atoms with Gasteiger partial charge < -0.3 is 10.1 Å². The van der Waals surface area contributed by atoms with Gasteiger partial charge in [-0.25, -0.2) is 4.98 Å². The molecule has 4 rings (SSSR count). The number of nitriles is 1. The van der Waals surface area contributed by atoms with Crippen LogP contribution < -0.4 is 5.32 Å². The lowest BCUT2D eigenvalue weighted by Gasteiger charge is -2.30. The van der Waals surface area contributed by atoms with Gasteiger partial charge in [0.25, 0.3) is 0 Å². The number of fused-ring (bicyclic) bond motifs is 1. The SMILES string of the molecule is N#Cc1ccc2nc(NC3CCOC(C4CC4)C3)ccc2c1. The van der Waals surface area contributed by atoms with E-state index in [1.54, 1.807) is 0 Å². The van der Waals surface area contributed by atoms with Gasteiger partial charge in [0.05, 0.1) is 23.3 Å². The minimum Gasteiger partial charge on any atom is -0.378 e. The summed E-state index contributed by atoms with van der Waals surface area (Å²) in [4.78, 5) is 4.67. The Morgan fingerprint density at radius 3 is 2.91 bits per heavy atom. The van der Waals surface area contributed by atoms with Gasteiger partial charge in [0.1, 0.15) is 5.82 Å². The molecule has 1 saturated carbocycles. The number of nitrogens with zero attached hydrogens (tertiary/aromatic N) is 2. The van der Waals surface area contributed by atoms with Crippen LogP contribution in [0.3, 0.4) is 0 Å². The summed E-state index contributed by atoms with van der Waals surface area (Å²) in [5.74, 6) is 1.71. The Labute approximate surface area is 130 Å². The van der Waals surface area contributed by atoms with Gasteiger partial charge >= 0.3 is 0 Å². The normalized spacial score (nSPS) is 24.9. The van der Waals surface area contributed by atoms with Crippen LogP contribution in [0.4, 0.5) is 5.82 Å². The van der Waals surface area contributed by atoms with Crippen molar-refractivity contribution in [2.75, 3.05) is 11.9 Å². The van der Waals surface area contributed by atoms with Crippen molar-refractivity contribution in [2.45, 2.75) is 37.8 Å². The highest BCUT2D eigenvalue weighted by molar-refractivity contribution is 5.81. The van der Waals surface area contributed by atoms with Crippen molar-refractivity contribution in [3.05, 3.63) is 35.9 Å². The van der Waals surface area contributed by atoms with Gasteiger partial charge in [0, 0.05) is 18.0 Å². The summed E-state index contributed by atoms with van der Waals surface area (Å²) in [6.45, 7) is 0.845. The second kappa shape index (κ2) is 5.58. The van der Waals surface area contributed by atoms with Crippen LogP contribution in [-0.4, -0.2) is 23.7 Å². The number of aromatic nitrogens is 1. The Bertz CT molecular complexity index is 733. The van der Waals surface area contributed by atoms with Crippen LogP contribution in [0, 0.1) is 17.2 Å². The quantitative estimate of drug-likeness (QED) is 0.941. The molecule has 2 fully saturated rings. The van der Waals surface area contributed by atoms with E-state index in [4.69, 9.17) is 10.00 Å². The molecule has 2 aliphatic rings. The maximum absolute atomic E-state index is 8.95. The fourth-order valence-corrected chi connectivity index (χ4v) is 3.24. The van der Waals surface area contributed by atoms with E-state index in [2.05, 4.69) is 16.4 Å². The van der Waals surface area contributed by atoms with Gasteiger partial charge in [0.15, 0.2) is 0 Å². The molecule has 0 amide bonds. The van der Waals surface area contributed by atoms with E-state index < -0.39 is 0 Å². The third-order valence-corrected chi connectivity index (χ3v) is 4.63. The summed E-state index contributed by atoms with van der Waals surface area (Å²) in [6, 6.07) is 12.3. The number of anilines is 1. The van der Waals surface area contributed by atoms with E-state index in [1.165, 1.54) is 12.8 Å². The van der Waals surface area contributed by atoms with Crippen molar-refractivity contribution in [1.82, 2.24) is 4.98 Å². The lowest BCUT2D eigenvalue weighted by molar-refractivity contribution is -0.00222. The standard InChI is InChI=1S/C18H19N3O/c19-11-12-1-5-16-14(9-12)4-6-18(21-16)20-15-7-8-22-17(10-15)13-2-3-13/h1,4-6,9,13,15,17H,2-3,7-8,10H2,(H,20,21). The van der Waals surface area contributed by atoms with Crippen molar-refractivity contribution in [2.24, 2.45) is 5.92 Å². The molecule has 4 nitrogen and oxygen atoms in total. The third kappa shape index (κ3) is 2.77. The zero-order valence-electron chi connectivity index (χ0n) is 12.5. The number of rotatable bonds is 3. The van der Waals surface area contributed by atoms with Crippen LogP contribution in [0.15, 0.2) is 30.3 Å². The van der Waals surface area contributed by atoms with Crippen molar-refractivity contribution in [3.63, 3.8) is 0 Å². The van der Waals surface area contributed by atoms with Crippen LogP contribution in [0.25, 0.3) is 10.9 Å². The third-order valence-electron chi connectivity index (χ3n) is 4.63. The van der Waals surface area contributed by atoms with Crippen molar-refractivity contribution in [3.8, 4) is 6.07 Å². The van der Waals surface area contributed by atoms with Gasteiger partial charge in [0.2, 0.25) is 0 Å². The van der Waals surface area contributed by atoms with E-state index in [1.807, 2.05) is 30.3 Å². The summed E-state index contributed by atoms with van der Waals surface area (Å²) < 4.78 is 5.87. The van der Waals surface area contributed by atoms with Crippen LogP contribution >= 0.6 is 0 Å². The summed E-state index contributed by atoms with van der Waals surface area (Å²) in [6.07, 6.45) is 5.21. The molecule has 0 spiro atoms. The smallest absolute Gasteiger partial charge is 0.126 e. The lowest BCUT2D eigenvalue weighted by Crippen LogP contribution is -2.35. The molecule has 0 bridgehead atoms. The first-order valence-electron chi connectivity index (χ1n) is 8.01. The molecule has 1 N–H and O–H groups in total. The van der Waals surface area contributed by atoms with Crippen LogP contribution in [-0.2, 0) is 4.74 Å². The Kier molecular flexibility index (Phi) is 3.44. The molecular weight excluding hydrogens is 274 g/mol. The fraction of sp³-hybridized carbons (Fsp3) is 0.444. The zero-order valence-corrected chi connectivity index (χ0v) is 12.5. The van der Waals surface area contributed by atoms with Crippen LogP contribution in [0.2, 0.25) is 0 Å². The van der Waals surface area contributed by atoms with Gasteiger partial charge in [-0.05, 0) is 61.9 Å². The largest absolute Gasteiger partial charge is 0.378 e. The Morgan fingerprint density at radius 1 is 1.18 bits per heavy atom. The summed E-state index contributed by atoms with van der Waals surface area (Å²) in [5, 5.41) is 13.5. The van der Waals surface area contributed by atoms with E-state index in [9.17, 15) is 0 Å². The molecule has 22 heavy (non-hydrogen) atoms. The molecule has 112 valence electrons. The number of nitrogens with one attached hydrogen (secondary N) is 1. The first-order valence-corrected chi connectivity index (χ1v) is 8.01. The highest BCUT2D eigenvalue weighted by atomic mass is 16.5. The van der Waals surface area contributed by atoms with Gasteiger partial charge in [-0.1, -0.05) is 0 Å². The number of ether oxygens (including phenoxy) is 1. The second-order valence-electron chi connectivity index (χ2n) is 6.33. The van der Waals surface area contributed by atoms with Crippen molar-refractivity contribution >= 4 is 16.7 Å². The number of benzene rings is 1. The maximum Gasteiger partial charge on any atom is 0.126 e. The molecular formula is C18H19N3O. The summed E-state index contributed by atoms with van der Waals surface area (Å²) >= 11 is 0. The van der Waals surface area contributed by atoms with Gasteiger partial charge in [-0.3, -0.25) is 0 Å². The predicted octanol–water partition coefficient (Wildman–Crippen LogP) is 3.48. The average molecular weight is 293 g/mol. The number of hydrogen-bond acceptors (Lipinski definition) is 4. The molecule has 1 aromatic carbocycles. The molecule has 2 heterocycles. The Hall–Kier alpha value is -2.12. The molecule has 1 aliphatic heterocycles. The van der Waals surface area contributed by atoms with Gasteiger partial charge in [-0.2, -0.15) is 5.26 Å². The highest BCUT2D eigenvalue weighted by Gasteiger charge is 2.35. The molecule has 2 atom stereocenters. The van der Waals surface area contributed by atoms with E-state index >= 15 is 0 Å². The highest BCUT2D eigenvalue weighted by Crippen LogP contribution is 2.38. The molecule has 2 aromatic rings. The molecule has 0 radical (unpaired) electrons. The molecule has 1 aliphatic carbocycles. The topological polar surface area (TPSA) is 57.9 Å². The van der Waals surface area contributed by atoms with E-state index in [0.29, 0.717) is 17.7 Å². The number of hydrogen-bond donors (Lipinski definition) is 1. The number of pyridine rings is 1. The van der Waals surface area contributed by atoms with Crippen molar-refractivity contribution < 1.29 is 4.74 Å². The predicted molar refractivity (Wildman–Crippen MR) is 85.6 cm³/mol. The minimum atomic E-state index is 0.435. The average Bonchev–Trinajstić information content (AvgIpc) is 3.39. The maximum atomic E-state index is 8.95. The minimum absolute atomic E-state index is 0.435. The lowest BCUT2D eigenvalue weighted by atomic mass is 10.00. The first kappa shape index (κ1) is 13.5. The van der Waals surface area contributed by atoms with Crippen LogP contribution in [0.1, 0.15) is 31.2 Å².